The summed E-state index contributed by atoms with van der Waals surface area (Å²) in [6, 6.07) is 6.82. The van der Waals surface area contributed by atoms with E-state index in [1.807, 2.05) is 11.9 Å². The fourth-order valence-electron chi connectivity index (χ4n) is 2.73. The number of rotatable bonds is 8. The minimum Gasteiger partial charge on any atom is -0.494 e. The third kappa shape index (κ3) is 5.49. The molecule has 1 atom stereocenters. The molecule has 1 amide bonds. The molecular weight excluding hydrogens is 328 g/mol. The highest BCUT2D eigenvalue weighted by molar-refractivity contribution is 7.90. The third-order valence-corrected chi connectivity index (χ3v) is 5.38. The highest BCUT2D eigenvalue weighted by Crippen LogP contribution is 2.16. The molecule has 24 heavy (non-hydrogen) atoms. The number of ether oxygens (including phenoxy) is 1. The van der Waals surface area contributed by atoms with Gasteiger partial charge in [0, 0.05) is 31.8 Å². The minimum absolute atomic E-state index is 0.213. The van der Waals surface area contributed by atoms with Gasteiger partial charge in [0.2, 0.25) is 5.91 Å². The van der Waals surface area contributed by atoms with Gasteiger partial charge >= 0.3 is 0 Å². The molecule has 1 aliphatic rings. The zero-order valence-corrected chi connectivity index (χ0v) is 15.1. The van der Waals surface area contributed by atoms with Crippen molar-refractivity contribution >= 4 is 15.7 Å². The van der Waals surface area contributed by atoms with Crippen molar-refractivity contribution < 1.29 is 17.9 Å². The van der Waals surface area contributed by atoms with Crippen molar-refractivity contribution in [3.05, 3.63) is 24.3 Å². The molecule has 0 saturated carbocycles. The number of likely N-dealkylation sites (N-methyl/N-ethyl adjacent to an activating group) is 1. The summed E-state index contributed by atoms with van der Waals surface area (Å²) < 4.78 is 28.3. The van der Waals surface area contributed by atoms with Crippen LogP contribution >= 0.6 is 0 Å². The number of carbonyl (C=O) groups excluding carboxylic acids is 1. The van der Waals surface area contributed by atoms with Crippen molar-refractivity contribution in [3.63, 3.8) is 0 Å². The standard InChI is InChI=1S/C17H26N2O4S/c1-18-14-10-11-19(13-14)17(20)5-3-4-12-23-15-6-8-16(9-7-15)24(2,21)22/h6-9,14,18H,3-5,10-13H2,1-2H3. The van der Waals surface area contributed by atoms with Crippen LogP contribution in [0.4, 0.5) is 0 Å². The lowest BCUT2D eigenvalue weighted by molar-refractivity contribution is -0.130. The molecule has 0 aliphatic carbocycles. The Morgan fingerprint density at radius 1 is 1.29 bits per heavy atom. The normalized spacial score (nSPS) is 17.9. The van der Waals surface area contributed by atoms with Gasteiger partial charge in [-0.3, -0.25) is 4.79 Å². The van der Waals surface area contributed by atoms with Gasteiger partial charge in [0.1, 0.15) is 5.75 Å². The summed E-state index contributed by atoms with van der Waals surface area (Å²) in [4.78, 5) is 14.3. The number of amides is 1. The van der Waals surface area contributed by atoms with Gasteiger partial charge in [-0.25, -0.2) is 8.42 Å². The molecule has 2 rings (SSSR count). The summed E-state index contributed by atoms with van der Waals surface area (Å²) in [5.74, 6) is 0.857. The van der Waals surface area contributed by atoms with Crippen LogP contribution in [0.5, 0.6) is 5.75 Å². The fraction of sp³-hybridized carbons (Fsp3) is 0.588. The van der Waals surface area contributed by atoms with Crippen LogP contribution in [0.3, 0.4) is 0 Å². The Kier molecular flexibility index (Phi) is 6.62. The van der Waals surface area contributed by atoms with Gasteiger partial charge in [-0.05, 0) is 50.6 Å². The molecule has 1 fully saturated rings. The van der Waals surface area contributed by atoms with Gasteiger partial charge in [-0.1, -0.05) is 0 Å². The van der Waals surface area contributed by atoms with Crippen LogP contribution in [-0.2, 0) is 14.6 Å². The van der Waals surface area contributed by atoms with Crippen molar-refractivity contribution in [1.29, 1.82) is 0 Å². The van der Waals surface area contributed by atoms with Crippen LogP contribution in [0.15, 0.2) is 29.2 Å². The van der Waals surface area contributed by atoms with E-state index in [4.69, 9.17) is 4.74 Å². The second kappa shape index (κ2) is 8.48. The second-order valence-corrected chi connectivity index (χ2v) is 8.18. The zero-order chi connectivity index (χ0) is 17.6. The number of unbranched alkanes of at least 4 members (excludes halogenated alkanes) is 1. The van der Waals surface area contributed by atoms with Gasteiger partial charge in [0.05, 0.1) is 11.5 Å². The number of hydrogen-bond donors (Lipinski definition) is 1. The summed E-state index contributed by atoms with van der Waals surface area (Å²) in [5, 5.41) is 3.20. The lowest BCUT2D eigenvalue weighted by Gasteiger charge is -2.16. The monoisotopic (exact) mass is 354 g/mol. The van der Waals surface area contributed by atoms with Gasteiger partial charge in [-0.15, -0.1) is 0 Å². The molecule has 1 N–H and O–H groups in total. The molecule has 0 bridgehead atoms. The number of sulfone groups is 1. The Balaban J connectivity index is 1.64. The van der Waals surface area contributed by atoms with Crippen LogP contribution < -0.4 is 10.1 Å². The van der Waals surface area contributed by atoms with Crippen LogP contribution in [0, 0.1) is 0 Å². The van der Waals surface area contributed by atoms with Gasteiger partial charge in [0.15, 0.2) is 9.84 Å². The van der Waals surface area contributed by atoms with Crippen LogP contribution in [0.25, 0.3) is 0 Å². The van der Waals surface area contributed by atoms with Crippen molar-refractivity contribution in [2.75, 3.05) is 33.0 Å². The molecule has 0 radical (unpaired) electrons. The van der Waals surface area contributed by atoms with E-state index in [0.717, 1.165) is 32.4 Å². The smallest absolute Gasteiger partial charge is 0.222 e. The number of nitrogens with one attached hydrogen (secondary N) is 1. The topological polar surface area (TPSA) is 75.7 Å². The predicted octanol–water partition coefficient (Wildman–Crippen LogP) is 1.46. The van der Waals surface area contributed by atoms with Gasteiger partial charge in [-0.2, -0.15) is 0 Å². The average Bonchev–Trinajstić information content (AvgIpc) is 3.03. The summed E-state index contributed by atoms with van der Waals surface area (Å²) in [7, 11) is -1.25. The first-order valence-electron chi connectivity index (χ1n) is 8.28. The molecule has 0 spiro atoms. The zero-order valence-electron chi connectivity index (χ0n) is 14.3. The number of likely N-dealkylation sites (tertiary alicyclic amines) is 1. The van der Waals surface area contributed by atoms with E-state index < -0.39 is 9.84 Å². The summed E-state index contributed by atoms with van der Waals surface area (Å²) in [6.45, 7) is 2.16. The lowest BCUT2D eigenvalue weighted by atomic mass is 10.2. The maximum absolute atomic E-state index is 12.1. The van der Waals surface area contributed by atoms with Crippen molar-refractivity contribution in [1.82, 2.24) is 10.2 Å². The highest BCUT2D eigenvalue weighted by atomic mass is 32.2. The Hall–Kier alpha value is -1.60. The maximum atomic E-state index is 12.1. The number of nitrogens with zero attached hydrogens (tertiary/aromatic N) is 1. The predicted molar refractivity (Wildman–Crippen MR) is 92.9 cm³/mol. The second-order valence-electron chi connectivity index (χ2n) is 6.16. The Morgan fingerprint density at radius 2 is 2.00 bits per heavy atom. The summed E-state index contributed by atoms with van der Waals surface area (Å²) >= 11 is 0. The van der Waals surface area contributed by atoms with E-state index in [-0.39, 0.29) is 10.8 Å². The first-order valence-corrected chi connectivity index (χ1v) is 10.2. The van der Waals surface area contributed by atoms with Crippen molar-refractivity contribution in [2.45, 2.75) is 36.6 Å². The van der Waals surface area contributed by atoms with E-state index in [1.54, 1.807) is 24.3 Å². The summed E-state index contributed by atoms with van der Waals surface area (Å²) in [5.41, 5.74) is 0. The van der Waals surface area contributed by atoms with E-state index >= 15 is 0 Å². The van der Waals surface area contributed by atoms with Crippen LogP contribution in [0.2, 0.25) is 0 Å². The fourth-order valence-corrected chi connectivity index (χ4v) is 3.36. The van der Waals surface area contributed by atoms with E-state index in [2.05, 4.69) is 5.32 Å². The number of benzene rings is 1. The molecule has 1 aromatic rings. The molecule has 0 aromatic heterocycles. The van der Waals surface area contributed by atoms with Gasteiger partial charge < -0.3 is 15.0 Å². The molecule has 134 valence electrons. The first-order chi connectivity index (χ1) is 11.4. The largest absolute Gasteiger partial charge is 0.494 e. The molecule has 1 unspecified atom stereocenters. The maximum Gasteiger partial charge on any atom is 0.222 e. The average molecular weight is 354 g/mol. The Labute approximate surface area is 144 Å². The molecule has 7 heteroatoms. The third-order valence-electron chi connectivity index (χ3n) is 4.25. The summed E-state index contributed by atoms with van der Waals surface area (Å²) in [6.07, 6.45) is 4.34. The van der Waals surface area contributed by atoms with Crippen molar-refractivity contribution in [2.24, 2.45) is 0 Å². The quantitative estimate of drug-likeness (QED) is 0.715. The SMILES string of the molecule is CNC1CCN(C(=O)CCCCOc2ccc(S(C)(=O)=O)cc2)C1. The number of carbonyl (C=O) groups is 1. The van der Waals surface area contributed by atoms with E-state index in [9.17, 15) is 13.2 Å². The molecular formula is C17H26N2O4S. The molecule has 6 nitrogen and oxygen atoms in total. The molecule has 1 heterocycles. The Morgan fingerprint density at radius 3 is 2.58 bits per heavy atom. The van der Waals surface area contributed by atoms with Crippen molar-refractivity contribution in [3.8, 4) is 5.75 Å². The lowest BCUT2D eigenvalue weighted by Crippen LogP contribution is -2.33. The van der Waals surface area contributed by atoms with Crippen LogP contribution in [0.1, 0.15) is 25.7 Å². The van der Waals surface area contributed by atoms with Gasteiger partial charge in [0.25, 0.3) is 0 Å². The number of hydrogen-bond acceptors (Lipinski definition) is 5. The molecule has 1 aromatic carbocycles. The Bertz CT molecular complexity index is 643. The van der Waals surface area contributed by atoms with E-state index in [1.165, 1.54) is 6.26 Å². The minimum atomic E-state index is -3.17. The first kappa shape index (κ1) is 18.7. The van der Waals surface area contributed by atoms with Crippen LogP contribution in [-0.4, -0.2) is 58.3 Å². The van der Waals surface area contributed by atoms with E-state index in [0.29, 0.717) is 24.8 Å². The molecule has 1 aliphatic heterocycles. The highest BCUT2D eigenvalue weighted by Gasteiger charge is 2.24. The molecule has 1 saturated heterocycles.